The molecule has 0 saturated heterocycles. The van der Waals surface area contributed by atoms with Crippen LogP contribution in [0.4, 0.5) is 17.5 Å². The average molecular weight is 275 g/mol. The Morgan fingerprint density at radius 1 is 1.30 bits per heavy atom. The van der Waals surface area contributed by atoms with Crippen molar-refractivity contribution in [2.24, 2.45) is 5.92 Å². The van der Waals surface area contributed by atoms with Crippen LogP contribution < -0.4 is 15.5 Å². The zero-order valence-electron chi connectivity index (χ0n) is 12.4. The van der Waals surface area contributed by atoms with Gasteiger partial charge < -0.3 is 15.5 Å². The number of likely N-dealkylation sites (N-methyl/N-ethyl adjacent to an activating group) is 1. The molecule has 0 aromatic carbocycles. The molecule has 3 rings (SSSR count). The molecule has 0 radical (unpaired) electrons. The van der Waals surface area contributed by atoms with E-state index < -0.39 is 0 Å². The SMILES string of the molecule is Cc1nc(NC2CC(C)C2)nc2c1NC(=O)[C@H](C)N2C. The van der Waals surface area contributed by atoms with Gasteiger partial charge in [0.05, 0.1) is 5.69 Å². The third kappa shape index (κ3) is 2.09. The first-order valence-electron chi connectivity index (χ1n) is 7.14. The Morgan fingerprint density at radius 2 is 2.00 bits per heavy atom. The van der Waals surface area contributed by atoms with Crippen LogP contribution in [0.5, 0.6) is 0 Å². The van der Waals surface area contributed by atoms with Crippen LogP contribution in [0.1, 0.15) is 32.4 Å². The molecular weight excluding hydrogens is 254 g/mol. The van der Waals surface area contributed by atoms with Crippen LogP contribution in [0.25, 0.3) is 0 Å². The maximum atomic E-state index is 11.8. The van der Waals surface area contributed by atoms with Gasteiger partial charge in [0, 0.05) is 13.1 Å². The van der Waals surface area contributed by atoms with Crippen LogP contribution in [-0.2, 0) is 4.79 Å². The number of rotatable bonds is 2. The lowest BCUT2D eigenvalue weighted by molar-refractivity contribution is -0.117. The predicted molar refractivity (Wildman–Crippen MR) is 79.1 cm³/mol. The molecule has 2 aliphatic rings. The van der Waals surface area contributed by atoms with E-state index in [-0.39, 0.29) is 11.9 Å². The fourth-order valence-corrected chi connectivity index (χ4v) is 2.81. The van der Waals surface area contributed by atoms with Gasteiger partial charge in [-0.25, -0.2) is 4.98 Å². The minimum absolute atomic E-state index is 0.0137. The summed E-state index contributed by atoms with van der Waals surface area (Å²) in [7, 11) is 1.89. The first kappa shape index (κ1) is 13.1. The van der Waals surface area contributed by atoms with E-state index in [0.29, 0.717) is 12.0 Å². The van der Waals surface area contributed by atoms with E-state index in [1.807, 2.05) is 25.8 Å². The van der Waals surface area contributed by atoms with Gasteiger partial charge in [0.25, 0.3) is 0 Å². The third-order valence-electron chi connectivity index (χ3n) is 4.32. The number of nitrogens with one attached hydrogen (secondary N) is 2. The zero-order chi connectivity index (χ0) is 14.4. The van der Waals surface area contributed by atoms with Crippen molar-refractivity contribution in [1.82, 2.24) is 9.97 Å². The summed E-state index contributed by atoms with van der Waals surface area (Å²) in [6.45, 7) is 6.03. The molecule has 1 atom stereocenters. The third-order valence-corrected chi connectivity index (χ3v) is 4.32. The lowest BCUT2D eigenvalue weighted by Gasteiger charge is -2.35. The summed E-state index contributed by atoms with van der Waals surface area (Å²) in [5, 5.41) is 6.28. The topological polar surface area (TPSA) is 70.1 Å². The van der Waals surface area contributed by atoms with Crippen LogP contribution in [0.2, 0.25) is 0 Å². The molecule has 1 amide bonds. The van der Waals surface area contributed by atoms with E-state index in [4.69, 9.17) is 0 Å². The summed E-state index contributed by atoms with van der Waals surface area (Å²) >= 11 is 0. The number of amides is 1. The van der Waals surface area contributed by atoms with Crippen LogP contribution in [0, 0.1) is 12.8 Å². The molecule has 1 aliphatic heterocycles. The summed E-state index contributed by atoms with van der Waals surface area (Å²) in [6, 6.07) is 0.261. The molecule has 6 heteroatoms. The van der Waals surface area contributed by atoms with Gasteiger partial charge in [0.1, 0.15) is 11.7 Å². The molecule has 108 valence electrons. The van der Waals surface area contributed by atoms with Crippen LogP contribution >= 0.6 is 0 Å². The standard InChI is InChI=1S/C14H21N5O/c1-7-5-10(6-7)16-14-15-8(2)11-12(18-14)19(4)9(3)13(20)17-11/h7,9-10H,5-6H2,1-4H3,(H,17,20)(H,15,16,18)/t7?,9-,10?/m0/s1. The predicted octanol–water partition coefficient (Wildman–Crippen LogP) is 1.77. The second-order valence-electron chi connectivity index (χ2n) is 6.03. The maximum Gasteiger partial charge on any atom is 0.246 e. The molecule has 6 nitrogen and oxygen atoms in total. The molecule has 1 saturated carbocycles. The Balaban J connectivity index is 1.89. The van der Waals surface area contributed by atoms with Crippen LogP contribution in [0.15, 0.2) is 0 Å². The van der Waals surface area contributed by atoms with E-state index in [1.54, 1.807) is 0 Å². The molecule has 1 aromatic rings. The quantitative estimate of drug-likeness (QED) is 0.861. The number of carbonyl (C=O) groups is 1. The second kappa shape index (κ2) is 4.61. The van der Waals surface area contributed by atoms with Crippen molar-refractivity contribution < 1.29 is 4.79 Å². The molecule has 1 aliphatic carbocycles. The van der Waals surface area contributed by atoms with Crippen molar-refractivity contribution >= 4 is 23.4 Å². The van der Waals surface area contributed by atoms with Crippen LogP contribution in [-0.4, -0.2) is 35.0 Å². The van der Waals surface area contributed by atoms with Crippen molar-refractivity contribution in [2.45, 2.75) is 45.7 Å². The fourth-order valence-electron chi connectivity index (χ4n) is 2.81. The number of anilines is 3. The monoisotopic (exact) mass is 275 g/mol. The number of fused-ring (bicyclic) bond motifs is 1. The molecule has 20 heavy (non-hydrogen) atoms. The maximum absolute atomic E-state index is 11.8. The molecular formula is C14H21N5O. The Hall–Kier alpha value is -1.85. The fraction of sp³-hybridized carbons (Fsp3) is 0.643. The largest absolute Gasteiger partial charge is 0.351 e. The molecule has 0 spiro atoms. The molecule has 2 heterocycles. The Morgan fingerprint density at radius 3 is 2.65 bits per heavy atom. The van der Waals surface area contributed by atoms with E-state index in [9.17, 15) is 4.79 Å². The van der Waals surface area contributed by atoms with E-state index >= 15 is 0 Å². The van der Waals surface area contributed by atoms with Gasteiger partial charge in [0.15, 0.2) is 5.82 Å². The van der Waals surface area contributed by atoms with Crippen molar-refractivity contribution in [1.29, 1.82) is 0 Å². The van der Waals surface area contributed by atoms with Crippen molar-refractivity contribution in [2.75, 3.05) is 22.6 Å². The lowest BCUT2D eigenvalue weighted by Crippen LogP contribution is -2.45. The summed E-state index contributed by atoms with van der Waals surface area (Å²) < 4.78 is 0. The number of aromatic nitrogens is 2. The second-order valence-corrected chi connectivity index (χ2v) is 6.03. The summed E-state index contributed by atoms with van der Waals surface area (Å²) in [5.74, 6) is 2.22. The molecule has 1 fully saturated rings. The highest BCUT2D eigenvalue weighted by atomic mass is 16.2. The lowest BCUT2D eigenvalue weighted by atomic mass is 9.82. The number of hydrogen-bond donors (Lipinski definition) is 2. The number of hydrogen-bond acceptors (Lipinski definition) is 5. The normalized spacial score (nSPS) is 28.5. The Bertz CT molecular complexity index is 553. The van der Waals surface area contributed by atoms with E-state index in [2.05, 4.69) is 27.5 Å². The molecule has 2 N–H and O–H groups in total. The minimum atomic E-state index is -0.214. The van der Waals surface area contributed by atoms with Crippen molar-refractivity contribution in [3.05, 3.63) is 5.69 Å². The average Bonchev–Trinajstić information content (AvgIpc) is 2.36. The van der Waals surface area contributed by atoms with Gasteiger partial charge in [0.2, 0.25) is 11.9 Å². The number of carbonyl (C=O) groups excluding carboxylic acids is 1. The van der Waals surface area contributed by atoms with E-state index in [0.717, 1.165) is 23.1 Å². The van der Waals surface area contributed by atoms with Crippen LogP contribution in [0.3, 0.4) is 0 Å². The van der Waals surface area contributed by atoms with Crippen molar-refractivity contribution in [3.63, 3.8) is 0 Å². The highest BCUT2D eigenvalue weighted by Gasteiger charge is 2.31. The summed E-state index contributed by atoms with van der Waals surface area (Å²) in [5.41, 5.74) is 1.53. The van der Waals surface area contributed by atoms with Gasteiger partial charge in [-0.15, -0.1) is 0 Å². The Labute approximate surface area is 119 Å². The number of nitrogens with zero attached hydrogens (tertiary/aromatic N) is 3. The summed E-state index contributed by atoms with van der Waals surface area (Å²) in [4.78, 5) is 22.8. The first-order valence-corrected chi connectivity index (χ1v) is 7.14. The zero-order valence-corrected chi connectivity index (χ0v) is 12.4. The van der Waals surface area contributed by atoms with Gasteiger partial charge >= 0.3 is 0 Å². The number of aryl methyl sites for hydroxylation is 1. The highest BCUT2D eigenvalue weighted by molar-refractivity contribution is 6.03. The first-order chi connectivity index (χ1) is 9.45. The summed E-state index contributed by atoms with van der Waals surface area (Å²) in [6.07, 6.45) is 2.34. The molecule has 0 bridgehead atoms. The Kier molecular flexibility index (Phi) is 3.03. The minimum Gasteiger partial charge on any atom is -0.351 e. The smallest absolute Gasteiger partial charge is 0.246 e. The van der Waals surface area contributed by atoms with Gasteiger partial charge in [-0.2, -0.15) is 4.98 Å². The molecule has 0 unspecified atom stereocenters. The highest BCUT2D eigenvalue weighted by Crippen LogP contribution is 2.33. The van der Waals surface area contributed by atoms with E-state index in [1.165, 1.54) is 12.8 Å². The van der Waals surface area contributed by atoms with Crippen molar-refractivity contribution in [3.8, 4) is 0 Å². The van der Waals surface area contributed by atoms with Gasteiger partial charge in [-0.1, -0.05) is 6.92 Å². The molecule has 1 aromatic heterocycles. The van der Waals surface area contributed by atoms with Gasteiger partial charge in [-0.3, -0.25) is 4.79 Å². The van der Waals surface area contributed by atoms with Gasteiger partial charge in [-0.05, 0) is 32.6 Å².